The second-order valence-electron chi connectivity index (χ2n) is 4.51. The minimum Gasteiger partial charge on any atom is -0.372 e. The Kier molecular flexibility index (Phi) is 6.47. The fourth-order valence-electron chi connectivity index (χ4n) is 1.61. The van der Waals surface area contributed by atoms with Crippen LogP contribution in [0.2, 0.25) is 5.02 Å². The zero-order valence-electron chi connectivity index (χ0n) is 11.8. The number of hydrogen-bond acceptors (Lipinski definition) is 3. The highest BCUT2D eigenvalue weighted by Crippen LogP contribution is 2.18. The molecule has 0 radical (unpaired) electrons. The SMILES string of the molecule is Cc1nn(CC(=O)NCCCOCC(F)(F)F)c(C)c1Cl. The summed E-state index contributed by atoms with van der Waals surface area (Å²) in [6.07, 6.45) is -4.02. The molecule has 5 nitrogen and oxygen atoms in total. The molecule has 21 heavy (non-hydrogen) atoms. The third-order valence-electron chi connectivity index (χ3n) is 2.64. The van der Waals surface area contributed by atoms with Crippen LogP contribution in [0.25, 0.3) is 0 Å². The number of ether oxygens (including phenoxy) is 1. The molecule has 1 rings (SSSR count). The second kappa shape index (κ2) is 7.65. The first-order valence-electron chi connectivity index (χ1n) is 6.31. The van der Waals surface area contributed by atoms with Crippen molar-refractivity contribution in [2.75, 3.05) is 19.8 Å². The number of rotatable bonds is 7. The number of carbonyl (C=O) groups excluding carboxylic acids is 1. The van der Waals surface area contributed by atoms with Gasteiger partial charge in [0.1, 0.15) is 13.2 Å². The van der Waals surface area contributed by atoms with E-state index >= 15 is 0 Å². The molecule has 0 spiro atoms. The molecular formula is C12H17ClF3N3O2. The molecule has 1 aromatic rings. The summed E-state index contributed by atoms with van der Waals surface area (Å²) >= 11 is 5.96. The highest BCUT2D eigenvalue weighted by atomic mass is 35.5. The van der Waals surface area contributed by atoms with Crippen LogP contribution in [-0.4, -0.2) is 41.6 Å². The monoisotopic (exact) mass is 327 g/mol. The number of carbonyl (C=O) groups is 1. The molecule has 0 bridgehead atoms. The number of halogens is 4. The van der Waals surface area contributed by atoms with Crippen LogP contribution >= 0.6 is 11.6 Å². The molecule has 0 saturated carbocycles. The molecule has 1 N–H and O–H groups in total. The first kappa shape index (κ1) is 17.8. The Hall–Kier alpha value is -1.28. The van der Waals surface area contributed by atoms with Crippen LogP contribution in [0.3, 0.4) is 0 Å². The van der Waals surface area contributed by atoms with E-state index in [0.29, 0.717) is 22.8 Å². The fourth-order valence-corrected chi connectivity index (χ4v) is 1.75. The van der Waals surface area contributed by atoms with Gasteiger partial charge in [-0.05, 0) is 20.3 Å². The molecular weight excluding hydrogens is 311 g/mol. The number of aryl methyl sites for hydroxylation is 1. The third-order valence-corrected chi connectivity index (χ3v) is 3.19. The van der Waals surface area contributed by atoms with E-state index in [1.807, 2.05) is 0 Å². The Morgan fingerprint density at radius 2 is 2.10 bits per heavy atom. The number of alkyl halides is 3. The van der Waals surface area contributed by atoms with Crippen molar-refractivity contribution in [2.24, 2.45) is 0 Å². The quantitative estimate of drug-likeness (QED) is 0.781. The first-order chi connectivity index (χ1) is 9.70. The largest absolute Gasteiger partial charge is 0.411 e. The third kappa shape index (κ3) is 6.34. The molecule has 0 unspecified atom stereocenters. The topological polar surface area (TPSA) is 56.2 Å². The zero-order chi connectivity index (χ0) is 16.0. The standard InChI is InChI=1S/C12H17ClF3N3O2/c1-8-11(13)9(2)19(18-8)6-10(20)17-4-3-5-21-7-12(14,15)16/h3-7H2,1-2H3,(H,17,20). The summed E-state index contributed by atoms with van der Waals surface area (Å²) in [6.45, 7) is 2.41. The highest BCUT2D eigenvalue weighted by molar-refractivity contribution is 6.31. The summed E-state index contributed by atoms with van der Waals surface area (Å²) in [4.78, 5) is 11.6. The van der Waals surface area contributed by atoms with Crippen LogP contribution in [0.4, 0.5) is 13.2 Å². The molecule has 0 saturated heterocycles. The Morgan fingerprint density at radius 3 is 2.62 bits per heavy atom. The molecule has 0 aliphatic heterocycles. The molecule has 0 fully saturated rings. The molecule has 0 aliphatic carbocycles. The summed E-state index contributed by atoms with van der Waals surface area (Å²) in [7, 11) is 0. The first-order valence-corrected chi connectivity index (χ1v) is 6.69. The molecule has 120 valence electrons. The predicted molar refractivity (Wildman–Crippen MR) is 71.2 cm³/mol. The van der Waals surface area contributed by atoms with Crippen molar-refractivity contribution in [3.63, 3.8) is 0 Å². The number of nitrogens with zero attached hydrogens (tertiary/aromatic N) is 2. The van der Waals surface area contributed by atoms with Crippen molar-refractivity contribution < 1.29 is 22.7 Å². The Morgan fingerprint density at radius 1 is 1.43 bits per heavy atom. The molecule has 0 aliphatic rings. The van der Waals surface area contributed by atoms with Gasteiger partial charge in [-0.15, -0.1) is 0 Å². The summed E-state index contributed by atoms with van der Waals surface area (Å²) in [6, 6.07) is 0. The van der Waals surface area contributed by atoms with Crippen molar-refractivity contribution >= 4 is 17.5 Å². The number of nitrogens with one attached hydrogen (secondary N) is 1. The van der Waals surface area contributed by atoms with Crippen LogP contribution in [0.1, 0.15) is 17.8 Å². The van der Waals surface area contributed by atoms with E-state index in [1.54, 1.807) is 13.8 Å². The minimum atomic E-state index is -4.32. The van der Waals surface area contributed by atoms with Gasteiger partial charge in [-0.25, -0.2) is 0 Å². The second-order valence-corrected chi connectivity index (χ2v) is 4.89. The zero-order valence-corrected chi connectivity index (χ0v) is 12.5. The number of hydrogen-bond donors (Lipinski definition) is 1. The van der Waals surface area contributed by atoms with E-state index in [-0.39, 0.29) is 25.6 Å². The molecule has 1 aromatic heterocycles. The van der Waals surface area contributed by atoms with Gasteiger partial charge in [0.15, 0.2) is 0 Å². The van der Waals surface area contributed by atoms with Crippen molar-refractivity contribution in [1.29, 1.82) is 0 Å². The van der Waals surface area contributed by atoms with Gasteiger partial charge in [0, 0.05) is 13.2 Å². The lowest BCUT2D eigenvalue weighted by molar-refractivity contribution is -0.174. The molecule has 1 amide bonds. The van der Waals surface area contributed by atoms with E-state index in [1.165, 1.54) is 4.68 Å². The Balaban J connectivity index is 2.21. The lowest BCUT2D eigenvalue weighted by atomic mass is 10.4. The van der Waals surface area contributed by atoms with Crippen LogP contribution in [0.5, 0.6) is 0 Å². The van der Waals surface area contributed by atoms with Crippen LogP contribution < -0.4 is 5.32 Å². The smallest absolute Gasteiger partial charge is 0.372 e. The summed E-state index contributed by atoms with van der Waals surface area (Å²) < 4.78 is 41.3. The van der Waals surface area contributed by atoms with E-state index in [4.69, 9.17) is 11.6 Å². The van der Waals surface area contributed by atoms with Crippen LogP contribution in [-0.2, 0) is 16.1 Å². The minimum absolute atomic E-state index is 0.0167. The van der Waals surface area contributed by atoms with Crippen LogP contribution in [0.15, 0.2) is 0 Å². The van der Waals surface area contributed by atoms with E-state index < -0.39 is 12.8 Å². The Labute approximate surface area is 125 Å². The Bertz CT molecular complexity index is 489. The maximum atomic E-state index is 11.8. The van der Waals surface area contributed by atoms with E-state index in [9.17, 15) is 18.0 Å². The molecule has 9 heteroatoms. The van der Waals surface area contributed by atoms with Gasteiger partial charge in [0.05, 0.1) is 16.4 Å². The number of aromatic nitrogens is 2. The molecule has 0 atom stereocenters. The van der Waals surface area contributed by atoms with Gasteiger partial charge in [0.25, 0.3) is 0 Å². The van der Waals surface area contributed by atoms with Gasteiger partial charge in [0.2, 0.25) is 5.91 Å². The van der Waals surface area contributed by atoms with Crippen molar-refractivity contribution in [3.8, 4) is 0 Å². The average molecular weight is 328 g/mol. The van der Waals surface area contributed by atoms with Gasteiger partial charge in [-0.3, -0.25) is 9.48 Å². The average Bonchev–Trinajstić information content (AvgIpc) is 2.60. The summed E-state index contributed by atoms with van der Waals surface area (Å²) in [5.74, 6) is -0.284. The van der Waals surface area contributed by atoms with Gasteiger partial charge < -0.3 is 10.1 Å². The highest BCUT2D eigenvalue weighted by Gasteiger charge is 2.27. The normalized spacial score (nSPS) is 11.7. The van der Waals surface area contributed by atoms with Crippen molar-refractivity contribution in [3.05, 3.63) is 16.4 Å². The summed E-state index contributed by atoms with van der Waals surface area (Å²) in [5, 5.41) is 7.21. The van der Waals surface area contributed by atoms with Crippen molar-refractivity contribution in [1.82, 2.24) is 15.1 Å². The van der Waals surface area contributed by atoms with E-state index in [0.717, 1.165) is 0 Å². The van der Waals surface area contributed by atoms with Gasteiger partial charge >= 0.3 is 6.18 Å². The maximum absolute atomic E-state index is 11.8. The molecule has 0 aromatic carbocycles. The van der Waals surface area contributed by atoms with Gasteiger partial charge in [-0.2, -0.15) is 18.3 Å². The number of amides is 1. The van der Waals surface area contributed by atoms with Crippen molar-refractivity contribution in [2.45, 2.75) is 33.0 Å². The maximum Gasteiger partial charge on any atom is 0.411 e. The summed E-state index contributed by atoms with van der Waals surface area (Å²) in [5.41, 5.74) is 1.33. The lowest BCUT2D eigenvalue weighted by Gasteiger charge is -2.09. The fraction of sp³-hybridized carbons (Fsp3) is 0.667. The van der Waals surface area contributed by atoms with E-state index in [2.05, 4.69) is 15.2 Å². The molecule has 1 heterocycles. The van der Waals surface area contributed by atoms with Gasteiger partial charge in [-0.1, -0.05) is 11.6 Å². The lowest BCUT2D eigenvalue weighted by Crippen LogP contribution is -2.30. The van der Waals surface area contributed by atoms with Crippen LogP contribution in [0, 0.1) is 13.8 Å². The predicted octanol–water partition coefficient (Wildman–Crippen LogP) is 2.24.